The van der Waals surface area contributed by atoms with Crippen LogP contribution in [0.3, 0.4) is 0 Å². The van der Waals surface area contributed by atoms with Crippen molar-refractivity contribution in [2.75, 3.05) is 0 Å². The molecule has 24 heavy (non-hydrogen) atoms. The summed E-state index contributed by atoms with van der Waals surface area (Å²) in [5.41, 5.74) is 8.33. The van der Waals surface area contributed by atoms with Crippen molar-refractivity contribution in [3.63, 3.8) is 0 Å². The lowest BCUT2D eigenvalue weighted by Crippen LogP contribution is -2.52. The second kappa shape index (κ2) is 5.04. The van der Waals surface area contributed by atoms with Crippen LogP contribution in [0.5, 0.6) is 5.75 Å². The maximum Gasteiger partial charge on any atom is 0.324 e. The lowest BCUT2D eigenvalue weighted by molar-refractivity contribution is -0.143. The second-order valence-electron chi connectivity index (χ2n) is 6.23. The lowest BCUT2D eigenvalue weighted by Gasteiger charge is -2.29. The number of phenols is 1. The number of nitrogens with two attached hydrogens (primary N) is 1. The lowest BCUT2D eigenvalue weighted by atomic mass is 9.80. The van der Waals surface area contributed by atoms with E-state index in [2.05, 4.69) is 15.2 Å². The van der Waals surface area contributed by atoms with E-state index in [0.29, 0.717) is 29.7 Å². The van der Waals surface area contributed by atoms with Gasteiger partial charge in [-0.25, -0.2) is 0 Å². The second-order valence-corrected chi connectivity index (χ2v) is 6.23. The van der Waals surface area contributed by atoms with Crippen molar-refractivity contribution in [1.82, 2.24) is 15.2 Å². The molecule has 2 aromatic heterocycles. The Morgan fingerprint density at radius 1 is 1.29 bits per heavy atom. The molecule has 1 unspecified atom stereocenters. The minimum absolute atomic E-state index is 0.120. The van der Waals surface area contributed by atoms with Crippen LogP contribution >= 0.6 is 0 Å². The zero-order chi connectivity index (χ0) is 16.9. The highest BCUT2D eigenvalue weighted by Crippen LogP contribution is 2.35. The standard InChI is InChI=1S/C17H16N4O3/c18-17(16(23)24)6-5-12-11(8-17)10-7-13(20-21-15(10)19-12)9-3-1-2-4-14(9)22/h1-4,7,22H,5-6,8,18H2,(H,19,21)(H,23,24). The molecule has 1 aromatic carbocycles. The van der Waals surface area contributed by atoms with Crippen molar-refractivity contribution in [3.8, 4) is 17.0 Å². The van der Waals surface area contributed by atoms with E-state index in [1.165, 1.54) is 0 Å². The van der Waals surface area contributed by atoms with Gasteiger partial charge in [0.1, 0.15) is 11.3 Å². The summed E-state index contributed by atoms with van der Waals surface area (Å²) >= 11 is 0. The van der Waals surface area contributed by atoms with Crippen molar-refractivity contribution in [2.45, 2.75) is 24.8 Å². The molecule has 7 heteroatoms. The van der Waals surface area contributed by atoms with Crippen LogP contribution in [-0.2, 0) is 17.6 Å². The first-order valence-corrected chi connectivity index (χ1v) is 7.66. The molecule has 5 N–H and O–H groups in total. The number of carboxylic acids is 1. The van der Waals surface area contributed by atoms with Gasteiger partial charge in [-0.3, -0.25) is 4.79 Å². The van der Waals surface area contributed by atoms with Gasteiger partial charge in [0.25, 0.3) is 0 Å². The minimum Gasteiger partial charge on any atom is -0.507 e. The van der Waals surface area contributed by atoms with Gasteiger partial charge in [0.05, 0.1) is 5.69 Å². The molecule has 0 bridgehead atoms. The van der Waals surface area contributed by atoms with Crippen LogP contribution in [0.15, 0.2) is 30.3 Å². The van der Waals surface area contributed by atoms with Gasteiger partial charge in [0.15, 0.2) is 5.65 Å². The largest absolute Gasteiger partial charge is 0.507 e. The van der Waals surface area contributed by atoms with Crippen molar-refractivity contribution < 1.29 is 15.0 Å². The number of aromatic nitrogens is 3. The monoisotopic (exact) mass is 324 g/mol. The quantitative estimate of drug-likeness (QED) is 0.567. The molecule has 0 fully saturated rings. The zero-order valence-electron chi connectivity index (χ0n) is 12.8. The van der Waals surface area contributed by atoms with Crippen molar-refractivity contribution >= 4 is 17.0 Å². The van der Waals surface area contributed by atoms with Crippen LogP contribution in [0.1, 0.15) is 17.7 Å². The van der Waals surface area contributed by atoms with Gasteiger partial charge in [0.2, 0.25) is 0 Å². The van der Waals surface area contributed by atoms with Crippen LogP contribution in [-0.4, -0.2) is 36.9 Å². The van der Waals surface area contributed by atoms with Gasteiger partial charge >= 0.3 is 5.97 Å². The molecule has 2 heterocycles. The summed E-state index contributed by atoms with van der Waals surface area (Å²) in [4.78, 5) is 14.7. The summed E-state index contributed by atoms with van der Waals surface area (Å²) in [7, 11) is 0. The first kappa shape index (κ1) is 14.6. The molecule has 0 saturated carbocycles. The summed E-state index contributed by atoms with van der Waals surface area (Å²) in [6, 6.07) is 8.71. The Kier molecular flexibility index (Phi) is 3.07. The van der Waals surface area contributed by atoms with Gasteiger partial charge in [0, 0.05) is 23.1 Å². The molecule has 0 saturated heterocycles. The van der Waals surface area contributed by atoms with Crippen LogP contribution in [0, 0.1) is 0 Å². The van der Waals surface area contributed by atoms with Crippen molar-refractivity contribution in [1.29, 1.82) is 0 Å². The van der Waals surface area contributed by atoms with Crippen LogP contribution in [0.25, 0.3) is 22.3 Å². The fraction of sp³-hybridized carbons (Fsp3) is 0.235. The smallest absolute Gasteiger partial charge is 0.324 e. The Bertz CT molecular complexity index is 966. The van der Waals surface area contributed by atoms with Gasteiger partial charge in [-0.15, -0.1) is 10.2 Å². The van der Waals surface area contributed by atoms with E-state index in [4.69, 9.17) is 5.73 Å². The molecule has 1 aliphatic carbocycles. The van der Waals surface area contributed by atoms with Crippen LogP contribution in [0.4, 0.5) is 0 Å². The summed E-state index contributed by atoms with van der Waals surface area (Å²) in [5.74, 6) is -0.875. The molecule has 122 valence electrons. The van der Waals surface area contributed by atoms with Crippen LogP contribution < -0.4 is 5.73 Å². The summed E-state index contributed by atoms with van der Waals surface area (Å²) in [5, 5.41) is 28.6. The summed E-state index contributed by atoms with van der Waals surface area (Å²) in [6.45, 7) is 0. The first-order chi connectivity index (χ1) is 11.5. The predicted octanol–water partition coefficient (Wildman–Crippen LogP) is 1.60. The van der Waals surface area contributed by atoms with E-state index in [9.17, 15) is 15.0 Å². The molecule has 4 rings (SSSR count). The average Bonchev–Trinajstić information content (AvgIpc) is 2.92. The molecule has 0 spiro atoms. The van der Waals surface area contributed by atoms with E-state index >= 15 is 0 Å². The van der Waals surface area contributed by atoms with Gasteiger partial charge in [-0.05, 0) is 36.6 Å². The van der Waals surface area contributed by atoms with Crippen molar-refractivity contribution in [2.24, 2.45) is 5.73 Å². The van der Waals surface area contributed by atoms with Gasteiger partial charge in [-0.2, -0.15) is 0 Å². The molecule has 3 aromatic rings. The molecular formula is C17H16N4O3. The Labute approximate surface area is 137 Å². The molecule has 1 atom stereocenters. The number of H-pyrrole nitrogens is 1. The number of hydrogen-bond donors (Lipinski definition) is 4. The van der Waals surface area contributed by atoms with E-state index < -0.39 is 11.5 Å². The molecule has 0 amide bonds. The number of aromatic hydroxyl groups is 1. The fourth-order valence-corrected chi connectivity index (χ4v) is 3.27. The van der Waals surface area contributed by atoms with E-state index in [1.807, 2.05) is 12.1 Å². The molecule has 0 radical (unpaired) electrons. The zero-order valence-corrected chi connectivity index (χ0v) is 12.8. The number of aromatic amines is 1. The number of carboxylic acid groups (broad SMARTS) is 1. The number of benzene rings is 1. The normalized spacial score (nSPS) is 20.0. The van der Waals surface area contributed by atoms with Crippen LogP contribution in [0.2, 0.25) is 0 Å². The third-order valence-corrected chi connectivity index (χ3v) is 4.67. The van der Waals surface area contributed by atoms with E-state index in [0.717, 1.165) is 16.6 Å². The molecular weight excluding hydrogens is 308 g/mol. The highest BCUT2D eigenvalue weighted by atomic mass is 16.4. The Morgan fingerprint density at radius 3 is 2.83 bits per heavy atom. The maximum absolute atomic E-state index is 11.5. The fourth-order valence-electron chi connectivity index (χ4n) is 3.27. The Hall–Kier alpha value is -2.93. The number of aliphatic carboxylic acids is 1. The number of rotatable bonds is 2. The molecule has 1 aliphatic rings. The summed E-state index contributed by atoms with van der Waals surface area (Å²) < 4.78 is 0. The highest BCUT2D eigenvalue weighted by molar-refractivity contribution is 5.88. The molecule has 0 aliphatic heterocycles. The Balaban J connectivity index is 1.87. The number of carbonyl (C=O) groups is 1. The third-order valence-electron chi connectivity index (χ3n) is 4.67. The average molecular weight is 324 g/mol. The molecule has 7 nitrogen and oxygen atoms in total. The maximum atomic E-state index is 11.5. The van der Waals surface area contributed by atoms with Crippen molar-refractivity contribution in [3.05, 3.63) is 41.6 Å². The minimum atomic E-state index is -1.26. The number of phenolic OH excluding ortho intramolecular Hbond substituents is 1. The number of fused-ring (bicyclic) bond motifs is 3. The predicted molar refractivity (Wildman–Crippen MR) is 87.6 cm³/mol. The number of aryl methyl sites for hydroxylation is 1. The summed E-state index contributed by atoms with van der Waals surface area (Å²) in [6.07, 6.45) is 1.17. The number of hydrogen-bond acceptors (Lipinski definition) is 5. The number of nitrogens with one attached hydrogen (secondary N) is 1. The van der Waals surface area contributed by atoms with E-state index in [-0.39, 0.29) is 12.2 Å². The first-order valence-electron chi connectivity index (χ1n) is 7.66. The van der Waals surface area contributed by atoms with Gasteiger partial charge < -0.3 is 20.9 Å². The SMILES string of the molecule is NC1(C(=O)O)CCc2[nH]c3nnc(-c4ccccc4O)cc3c2C1. The topological polar surface area (TPSA) is 125 Å². The number of nitrogens with zero attached hydrogens (tertiary/aromatic N) is 2. The number of para-hydroxylation sites is 1. The van der Waals surface area contributed by atoms with E-state index in [1.54, 1.807) is 18.2 Å². The third kappa shape index (κ3) is 2.13. The highest BCUT2D eigenvalue weighted by Gasteiger charge is 2.39. The Morgan fingerprint density at radius 2 is 2.08 bits per heavy atom. The van der Waals surface area contributed by atoms with Gasteiger partial charge in [-0.1, -0.05) is 12.1 Å².